The molecule has 0 aromatic heterocycles. The zero-order valence-corrected chi connectivity index (χ0v) is 9.62. The molecule has 74 valence electrons. The first-order valence-electron chi connectivity index (χ1n) is 3.85. The molecule has 0 heterocycles. The first-order valence-corrected chi connectivity index (χ1v) is 4.93. The fourth-order valence-corrected chi connectivity index (χ4v) is 1.46. The molecule has 0 unspecified atom stereocenters. The summed E-state index contributed by atoms with van der Waals surface area (Å²) in [7, 11) is 0. The number of nitrogens with one attached hydrogen (secondary N) is 2. The number of benzene rings is 1. The number of carbonyl (C=O) groups excluding carboxylic acids is 1. The van der Waals surface area contributed by atoms with E-state index < -0.39 is 0 Å². The molecule has 0 atom stereocenters. The second kappa shape index (κ2) is 4.41. The van der Waals surface area contributed by atoms with E-state index in [-0.39, 0.29) is 11.7 Å². The SMILES string of the molecule is CC(=O)Nc1cc(I)c(O)cc1C=N. The van der Waals surface area contributed by atoms with Crippen LogP contribution in [0.25, 0.3) is 0 Å². The van der Waals surface area contributed by atoms with Crippen LogP contribution in [0.15, 0.2) is 12.1 Å². The maximum Gasteiger partial charge on any atom is 0.221 e. The van der Waals surface area contributed by atoms with E-state index in [9.17, 15) is 9.90 Å². The predicted molar refractivity (Wildman–Crippen MR) is 63.0 cm³/mol. The Morgan fingerprint density at radius 1 is 1.64 bits per heavy atom. The molecule has 0 spiro atoms. The lowest BCUT2D eigenvalue weighted by Crippen LogP contribution is -2.08. The maximum atomic E-state index is 10.8. The average Bonchev–Trinajstić information content (AvgIpc) is 2.10. The number of phenolic OH excluding ortho intramolecular Hbond substituents is 1. The van der Waals surface area contributed by atoms with Crippen molar-refractivity contribution in [3.05, 3.63) is 21.3 Å². The Morgan fingerprint density at radius 3 is 2.79 bits per heavy atom. The first-order chi connectivity index (χ1) is 6.54. The van der Waals surface area contributed by atoms with Crippen LogP contribution in [0.5, 0.6) is 5.75 Å². The van der Waals surface area contributed by atoms with Gasteiger partial charge in [-0.3, -0.25) is 4.79 Å². The number of hydrogen-bond acceptors (Lipinski definition) is 3. The summed E-state index contributed by atoms with van der Waals surface area (Å²) in [6, 6.07) is 3.07. The molecule has 14 heavy (non-hydrogen) atoms. The van der Waals surface area contributed by atoms with Crippen molar-refractivity contribution in [2.75, 3.05) is 5.32 Å². The minimum atomic E-state index is -0.199. The van der Waals surface area contributed by atoms with E-state index >= 15 is 0 Å². The van der Waals surface area contributed by atoms with E-state index in [2.05, 4.69) is 5.32 Å². The third-order valence-electron chi connectivity index (χ3n) is 1.59. The summed E-state index contributed by atoms with van der Waals surface area (Å²) in [6.45, 7) is 1.40. The van der Waals surface area contributed by atoms with Gasteiger partial charge >= 0.3 is 0 Å². The van der Waals surface area contributed by atoms with Gasteiger partial charge in [-0.15, -0.1) is 0 Å². The molecule has 0 saturated heterocycles. The highest BCUT2D eigenvalue weighted by molar-refractivity contribution is 14.1. The summed E-state index contributed by atoms with van der Waals surface area (Å²) in [6.07, 6.45) is 1.08. The van der Waals surface area contributed by atoms with Crippen LogP contribution in [-0.2, 0) is 4.79 Å². The van der Waals surface area contributed by atoms with Crippen LogP contribution < -0.4 is 5.32 Å². The predicted octanol–water partition coefficient (Wildman–Crippen LogP) is 1.95. The number of phenols is 1. The highest BCUT2D eigenvalue weighted by Gasteiger charge is 2.06. The van der Waals surface area contributed by atoms with Crippen LogP contribution in [0.4, 0.5) is 5.69 Å². The topological polar surface area (TPSA) is 73.2 Å². The zero-order chi connectivity index (χ0) is 10.7. The molecule has 1 rings (SSSR count). The molecule has 0 bridgehead atoms. The van der Waals surface area contributed by atoms with Gasteiger partial charge in [0.2, 0.25) is 5.91 Å². The fraction of sp³-hybridized carbons (Fsp3) is 0.111. The largest absolute Gasteiger partial charge is 0.507 e. The van der Waals surface area contributed by atoms with Gasteiger partial charge in [0.25, 0.3) is 0 Å². The van der Waals surface area contributed by atoms with Crippen molar-refractivity contribution < 1.29 is 9.90 Å². The molecule has 5 heteroatoms. The Balaban J connectivity index is 3.19. The second-order valence-corrected chi connectivity index (χ2v) is 3.88. The van der Waals surface area contributed by atoms with E-state index in [0.29, 0.717) is 14.8 Å². The summed E-state index contributed by atoms with van der Waals surface area (Å²) in [5.74, 6) is -0.0900. The normalized spacial score (nSPS) is 9.57. The van der Waals surface area contributed by atoms with Gasteiger partial charge in [-0.1, -0.05) is 0 Å². The van der Waals surface area contributed by atoms with Gasteiger partial charge in [0.15, 0.2) is 0 Å². The van der Waals surface area contributed by atoms with Gasteiger partial charge in [0.1, 0.15) is 5.75 Å². The third kappa shape index (κ3) is 2.44. The van der Waals surface area contributed by atoms with Crippen molar-refractivity contribution in [1.82, 2.24) is 0 Å². The highest BCUT2D eigenvalue weighted by Crippen LogP contribution is 2.26. The van der Waals surface area contributed by atoms with Gasteiger partial charge < -0.3 is 15.8 Å². The summed E-state index contributed by atoms with van der Waals surface area (Å²) < 4.78 is 0.636. The molecule has 0 aliphatic carbocycles. The van der Waals surface area contributed by atoms with Crippen molar-refractivity contribution >= 4 is 40.4 Å². The van der Waals surface area contributed by atoms with Crippen molar-refractivity contribution in [2.24, 2.45) is 0 Å². The number of halogens is 1. The van der Waals surface area contributed by atoms with Gasteiger partial charge in [-0.05, 0) is 34.7 Å². The lowest BCUT2D eigenvalue weighted by molar-refractivity contribution is -0.114. The van der Waals surface area contributed by atoms with Crippen LogP contribution in [0, 0.1) is 8.98 Å². The number of aromatic hydroxyl groups is 1. The molecule has 0 aliphatic rings. The third-order valence-corrected chi connectivity index (χ3v) is 2.45. The molecule has 4 nitrogen and oxygen atoms in total. The molecule has 1 aromatic carbocycles. The molecular formula is C9H9IN2O2. The quantitative estimate of drug-likeness (QED) is 0.444. The first kappa shape index (κ1) is 11.0. The molecule has 1 amide bonds. The van der Waals surface area contributed by atoms with E-state index in [1.54, 1.807) is 6.07 Å². The Kier molecular flexibility index (Phi) is 3.45. The smallest absolute Gasteiger partial charge is 0.221 e. The summed E-state index contributed by atoms with van der Waals surface area (Å²) in [5.41, 5.74) is 1.02. The maximum absolute atomic E-state index is 10.8. The van der Waals surface area contributed by atoms with Gasteiger partial charge in [-0.2, -0.15) is 0 Å². The molecule has 0 aliphatic heterocycles. The van der Waals surface area contributed by atoms with E-state index in [1.807, 2.05) is 22.6 Å². The Bertz CT molecular complexity index is 391. The number of amides is 1. The lowest BCUT2D eigenvalue weighted by Gasteiger charge is -2.07. The van der Waals surface area contributed by atoms with E-state index in [4.69, 9.17) is 5.41 Å². The monoisotopic (exact) mass is 304 g/mol. The number of rotatable bonds is 2. The van der Waals surface area contributed by atoms with E-state index in [1.165, 1.54) is 13.0 Å². The second-order valence-electron chi connectivity index (χ2n) is 2.72. The molecule has 0 fully saturated rings. The minimum Gasteiger partial charge on any atom is -0.507 e. The molecule has 3 N–H and O–H groups in total. The van der Waals surface area contributed by atoms with Gasteiger partial charge in [-0.25, -0.2) is 0 Å². The van der Waals surface area contributed by atoms with Crippen molar-refractivity contribution in [1.29, 1.82) is 5.41 Å². The van der Waals surface area contributed by atoms with Crippen LogP contribution in [0.3, 0.4) is 0 Å². The van der Waals surface area contributed by atoms with Crippen molar-refractivity contribution in [2.45, 2.75) is 6.92 Å². The number of carbonyl (C=O) groups is 1. The Labute approximate surface area is 95.0 Å². The summed E-state index contributed by atoms with van der Waals surface area (Å²) in [4.78, 5) is 10.8. The zero-order valence-electron chi connectivity index (χ0n) is 7.47. The van der Waals surface area contributed by atoms with Crippen LogP contribution in [0.1, 0.15) is 12.5 Å². The lowest BCUT2D eigenvalue weighted by atomic mass is 10.2. The van der Waals surface area contributed by atoms with Crippen molar-refractivity contribution in [3.63, 3.8) is 0 Å². The van der Waals surface area contributed by atoms with Crippen LogP contribution in [-0.4, -0.2) is 17.2 Å². The standard InChI is InChI=1S/C9H9IN2O2/c1-5(13)12-8-3-7(10)9(14)2-6(8)4-11/h2-4,11,14H,1H3,(H,12,13). The van der Waals surface area contributed by atoms with E-state index in [0.717, 1.165) is 6.21 Å². The number of hydrogen-bond donors (Lipinski definition) is 3. The van der Waals surface area contributed by atoms with Crippen LogP contribution >= 0.6 is 22.6 Å². The molecule has 1 aromatic rings. The fourth-order valence-electron chi connectivity index (χ4n) is 0.995. The minimum absolute atomic E-state index is 0.109. The Hall–Kier alpha value is -1.11. The van der Waals surface area contributed by atoms with Gasteiger partial charge in [0.05, 0.1) is 9.26 Å². The molecular weight excluding hydrogens is 295 g/mol. The van der Waals surface area contributed by atoms with Gasteiger partial charge in [0, 0.05) is 18.7 Å². The molecule has 0 saturated carbocycles. The summed E-state index contributed by atoms with van der Waals surface area (Å²) >= 11 is 1.95. The highest BCUT2D eigenvalue weighted by atomic mass is 127. The Morgan fingerprint density at radius 2 is 2.29 bits per heavy atom. The molecule has 0 radical (unpaired) electrons. The number of anilines is 1. The van der Waals surface area contributed by atoms with Crippen LogP contribution in [0.2, 0.25) is 0 Å². The summed E-state index contributed by atoms with van der Waals surface area (Å²) in [5, 5.41) is 19.1. The average molecular weight is 304 g/mol. The van der Waals surface area contributed by atoms with Crippen molar-refractivity contribution in [3.8, 4) is 5.75 Å².